The topological polar surface area (TPSA) is 70.9 Å². The highest BCUT2D eigenvalue weighted by molar-refractivity contribution is 7.89. The molecule has 0 heterocycles. The lowest BCUT2D eigenvalue weighted by atomic mass is 9.96. The van der Waals surface area contributed by atoms with Crippen LogP contribution in [0.25, 0.3) is 0 Å². The van der Waals surface area contributed by atoms with Crippen LogP contribution in [0.3, 0.4) is 0 Å². The van der Waals surface area contributed by atoms with E-state index in [1.807, 2.05) is 0 Å². The first-order valence-electron chi connectivity index (χ1n) is 6.15. The molecular weight excluding hydrogens is 250 g/mol. The van der Waals surface area contributed by atoms with Gasteiger partial charge in [0.25, 0.3) is 10.0 Å². The van der Waals surface area contributed by atoms with Crippen molar-refractivity contribution in [1.29, 1.82) is 0 Å². The van der Waals surface area contributed by atoms with Crippen LogP contribution in [0.5, 0.6) is 0 Å². The highest BCUT2D eigenvalue weighted by Crippen LogP contribution is 2.20. The Morgan fingerprint density at radius 3 is 2.39 bits per heavy atom. The Balaban J connectivity index is 1.95. The van der Waals surface area contributed by atoms with E-state index in [-0.39, 0.29) is 10.9 Å². The molecule has 0 spiro atoms. The van der Waals surface area contributed by atoms with Crippen LogP contribution in [-0.4, -0.2) is 14.5 Å². The minimum Gasteiger partial charge on any atom is -0.200 e. The summed E-state index contributed by atoms with van der Waals surface area (Å²) >= 11 is 0. The molecule has 0 unspecified atom stereocenters. The van der Waals surface area contributed by atoms with Crippen LogP contribution in [0.2, 0.25) is 0 Å². The SMILES string of the molecule is O=S(=O)(NN=NC1CCCCC1)c1ccccc1. The van der Waals surface area contributed by atoms with Crippen LogP contribution < -0.4 is 4.83 Å². The molecule has 0 atom stereocenters. The molecule has 5 nitrogen and oxygen atoms in total. The summed E-state index contributed by atoms with van der Waals surface area (Å²) in [6, 6.07) is 8.33. The van der Waals surface area contributed by atoms with Crippen LogP contribution in [0.4, 0.5) is 0 Å². The molecule has 1 aliphatic rings. The molecule has 1 aromatic carbocycles. The van der Waals surface area contributed by atoms with E-state index >= 15 is 0 Å². The Morgan fingerprint density at radius 2 is 1.72 bits per heavy atom. The van der Waals surface area contributed by atoms with Gasteiger partial charge in [0.1, 0.15) is 0 Å². The molecule has 2 rings (SSSR count). The average molecular weight is 267 g/mol. The maximum Gasteiger partial charge on any atom is 0.277 e. The van der Waals surface area contributed by atoms with E-state index in [1.165, 1.54) is 18.6 Å². The predicted octanol–water partition coefficient (Wildman–Crippen LogP) is 2.66. The van der Waals surface area contributed by atoms with Gasteiger partial charge in [-0.1, -0.05) is 42.7 Å². The Bertz CT molecular complexity index is 493. The smallest absolute Gasteiger partial charge is 0.200 e. The van der Waals surface area contributed by atoms with E-state index in [1.54, 1.807) is 18.2 Å². The number of sulfonamides is 1. The van der Waals surface area contributed by atoms with Crippen molar-refractivity contribution in [3.05, 3.63) is 30.3 Å². The number of hydrogen-bond donors (Lipinski definition) is 1. The molecule has 0 aromatic heterocycles. The van der Waals surface area contributed by atoms with Gasteiger partial charge >= 0.3 is 0 Å². The van der Waals surface area contributed by atoms with Crippen molar-refractivity contribution in [3.8, 4) is 0 Å². The van der Waals surface area contributed by atoms with Gasteiger partial charge in [0.2, 0.25) is 0 Å². The molecule has 18 heavy (non-hydrogen) atoms. The zero-order chi connectivity index (χ0) is 12.8. The van der Waals surface area contributed by atoms with Gasteiger partial charge in [-0.15, -0.1) is 0 Å². The van der Waals surface area contributed by atoms with E-state index in [0.717, 1.165) is 25.7 Å². The zero-order valence-electron chi connectivity index (χ0n) is 10.1. The van der Waals surface area contributed by atoms with Crippen molar-refractivity contribution < 1.29 is 8.42 Å². The van der Waals surface area contributed by atoms with Gasteiger partial charge < -0.3 is 0 Å². The molecule has 98 valence electrons. The maximum absolute atomic E-state index is 11.8. The molecule has 6 heteroatoms. The second-order valence-corrected chi connectivity index (χ2v) is 6.08. The standard InChI is InChI=1S/C12H17N3O2S/c16-18(17,12-9-5-2-6-10-12)15-14-13-11-7-3-1-4-8-11/h2,5-6,9-11H,1,3-4,7-8H2,(H,13,15). The summed E-state index contributed by atoms with van der Waals surface area (Å²) in [7, 11) is -3.57. The van der Waals surface area contributed by atoms with Crippen LogP contribution >= 0.6 is 0 Å². The monoisotopic (exact) mass is 267 g/mol. The van der Waals surface area contributed by atoms with Crippen molar-refractivity contribution in [2.24, 2.45) is 10.3 Å². The minimum absolute atomic E-state index is 0.164. The molecule has 0 radical (unpaired) electrons. The molecular formula is C12H17N3O2S. The highest BCUT2D eigenvalue weighted by Gasteiger charge is 2.14. The van der Waals surface area contributed by atoms with Crippen LogP contribution in [0.15, 0.2) is 45.6 Å². The second kappa shape index (κ2) is 5.95. The number of nitrogens with one attached hydrogen (secondary N) is 1. The quantitative estimate of drug-likeness (QED) is 0.673. The van der Waals surface area contributed by atoms with Crippen molar-refractivity contribution in [2.75, 3.05) is 0 Å². The first-order chi connectivity index (χ1) is 8.68. The van der Waals surface area contributed by atoms with Gasteiger partial charge in [0.15, 0.2) is 0 Å². The van der Waals surface area contributed by atoms with Gasteiger partial charge in [-0.3, -0.25) is 0 Å². The maximum atomic E-state index is 11.8. The van der Waals surface area contributed by atoms with Gasteiger partial charge in [-0.05, 0) is 25.0 Å². The third kappa shape index (κ3) is 3.53. The summed E-state index contributed by atoms with van der Waals surface area (Å²) in [5.74, 6) is 0. The predicted molar refractivity (Wildman–Crippen MR) is 68.5 cm³/mol. The van der Waals surface area contributed by atoms with Gasteiger partial charge in [-0.25, -0.2) is 0 Å². The summed E-state index contributed by atoms with van der Waals surface area (Å²) in [5, 5.41) is 7.66. The Morgan fingerprint density at radius 1 is 1.06 bits per heavy atom. The van der Waals surface area contributed by atoms with Crippen molar-refractivity contribution >= 4 is 10.0 Å². The summed E-state index contributed by atoms with van der Waals surface area (Å²) in [6.45, 7) is 0. The molecule has 0 saturated heterocycles. The lowest BCUT2D eigenvalue weighted by Gasteiger charge is -2.15. The summed E-state index contributed by atoms with van der Waals surface area (Å²) in [6.07, 6.45) is 5.53. The van der Waals surface area contributed by atoms with E-state index in [4.69, 9.17) is 0 Å². The van der Waals surface area contributed by atoms with E-state index < -0.39 is 10.0 Å². The summed E-state index contributed by atoms with van der Waals surface area (Å²) in [5.41, 5.74) is 0. The van der Waals surface area contributed by atoms with E-state index in [2.05, 4.69) is 15.2 Å². The van der Waals surface area contributed by atoms with Crippen LogP contribution in [0.1, 0.15) is 32.1 Å². The largest absolute Gasteiger partial charge is 0.277 e. The Kier molecular flexibility index (Phi) is 4.30. The average Bonchev–Trinajstić information content (AvgIpc) is 2.41. The minimum atomic E-state index is -3.57. The first kappa shape index (κ1) is 13.0. The Hall–Kier alpha value is -1.43. The third-order valence-corrected chi connectivity index (χ3v) is 4.23. The molecule has 1 aromatic rings. The lowest BCUT2D eigenvalue weighted by Crippen LogP contribution is -2.18. The van der Waals surface area contributed by atoms with Crippen molar-refractivity contribution in [1.82, 2.24) is 4.83 Å². The molecule has 1 aliphatic carbocycles. The van der Waals surface area contributed by atoms with Crippen molar-refractivity contribution in [3.63, 3.8) is 0 Å². The normalized spacial score (nSPS) is 18.0. The summed E-state index contributed by atoms with van der Waals surface area (Å²) in [4.78, 5) is 2.35. The summed E-state index contributed by atoms with van der Waals surface area (Å²) < 4.78 is 23.6. The fourth-order valence-corrected chi connectivity index (χ4v) is 2.78. The molecule has 0 bridgehead atoms. The van der Waals surface area contributed by atoms with Gasteiger partial charge in [0, 0.05) is 0 Å². The number of rotatable bonds is 4. The fourth-order valence-electron chi connectivity index (χ4n) is 2.01. The van der Waals surface area contributed by atoms with Crippen LogP contribution in [-0.2, 0) is 10.0 Å². The highest BCUT2D eigenvalue weighted by atomic mass is 32.2. The lowest BCUT2D eigenvalue weighted by molar-refractivity contribution is 0.426. The zero-order valence-corrected chi connectivity index (χ0v) is 10.9. The van der Waals surface area contributed by atoms with Gasteiger partial charge in [-0.2, -0.15) is 18.4 Å². The fraction of sp³-hybridized carbons (Fsp3) is 0.500. The molecule has 1 fully saturated rings. The molecule has 1 saturated carbocycles. The Labute approximate surface area is 107 Å². The number of benzene rings is 1. The van der Waals surface area contributed by atoms with E-state index in [0.29, 0.717) is 0 Å². The molecule has 0 amide bonds. The third-order valence-electron chi connectivity index (χ3n) is 3.01. The van der Waals surface area contributed by atoms with Crippen molar-refractivity contribution in [2.45, 2.75) is 43.0 Å². The first-order valence-corrected chi connectivity index (χ1v) is 7.63. The van der Waals surface area contributed by atoms with Gasteiger partial charge in [0.05, 0.1) is 10.9 Å². The number of nitrogens with zero attached hydrogens (tertiary/aromatic N) is 2. The molecule has 0 aliphatic heterocycles. The van der Waals surface area contributed by atoms with E-state index in [9.17, 15) is 8.42 Å². The molecule has 1 N–H and O–H groups in total. The second-order valence-electron chi connectivity index (χ2n) is 4.42. The number of hydrogen-bond acceptors (Lipinski definition) is 4. The van der Waals surface area contributed by atoms with Crippen LogP contribution in [0, 0.1) is 0 Å².